The maximum absolute atomic E-state index is 12.9. The standard InChI is InChI=1S/C29H33N3O3S/c1-3-19-32(20-4-2)28(34)23-14-16-24(17-15-23)30-29(36)31-27(33)25-12-8-9-13-26(25)35-21-18-22-10-6-5-7-11-22/h5-17H,3-4,18-21H2,1-2H3,(H2,30,31,33,36). The number of nitrogens with zero attached hydrogens (tertiary/aromatic N) is 1. The molecule has 3 aromatic rings. The molecule has 3 rings (SSSR count). The molecule has 0 saturated carbocycles. The molecule has 0 heterocycles. The number of rotatable bonds is 11. The predicted molar refractivity (Wildman–Crippen MR) is 149 cm³/mol. The van der Waals surface area contributed by atoms with Crippen molar-refractivity contribution in [3.8, 4) is 5.75 Å². The van der Waals surface area contributed by atoms with Crippen LogP contribution in [-0.4, -0.2) is 41.5 Å². The van der Waals surface area contributed by atoms with Crippen molar-refractivity contribution in [1.82, 2.24) is 10.2 Å². The highest BCUT2D eigenvalue weighted by Gasteiger charge is 2.16. The third-order valence-electron chi connectivity index (χ3n) is 5.51. The van der Waals surface area contributed by atoms with Gasteiger partial charge in [0.15, 0.2) is 5.11 Å². The first-order valence-electron chi connectivity index (χ1n) is 12.3. The lowest BCUT2D eigenvalue weighted by Crippen LogP contribution is -2.34. The number of hydrogen-bond acceptors (Lipinski definition) is 4. The number of carbonyl (C=O) groups is 2. The van der Waals surface area contributed by atoms with Gasteiger partial charge in [-0.2, -0.15) is 0 Å². The lowest BCUT2D eigenvalue weighted by Gasteiger charge is -2.21. The molecule has 3 aromatic carbocycles. The molecule has 2 N–H and O–H groups in total. The van der Waals surface area contributed by atoms with Crippen molar-refractivity contribution in [1.29, 1.82) is 0 Å². The fourth-order valence-electron chi connectivity index (χ4n) is 3.77. The van der Waals surface area contributed by atoms with E-state index < -0.39 is 0 Å². The molecule has 0 aromatic heterocycles. The van der Waals surface area contributed by atoms with Crippen LogP contribution in [0.3, 0.4) is 0 Å². The monoisotopic (exact) mass is 503 g/mol. The van der Waals surface area contributed by atoms with Gasteiger partial charge in [0.05, 0.1) is 12.2 Å². The maximum Gasteiger partial charge on any atom is 0.261 e. The molecule has 0 saturated heterocycles. The van der Waals surface area contributed by atoms with Crippen LogP contribution in [0, 0.1) is 0 Å². The Kier molecular flexibility index (Phi) is 10.5. The molecule has 0 spiro atoms. The number of para-hydroxylation sites is 1. The van der Waals surface area contributed by atoms with Gasteiger partial charge in [-0.1, -0.05) is 56.3 Å². The van der Waals surface area contributed by atoms with Gasteiger partial charge in [0.25, 0.3) is 11.8 Å². The van der Waals surface area contributed by atoms with E-state index in [9.17, 15) is 9.59 Å². The first-order valence-corrected chi connectivity index (χ1v) is 12.7. The third-order valence-corrected chi connectivity index (χ3v) is 5.72. The van der Waals surface area contributed by atoms with Gasteiger partial charge in [0, 0.05) is 30.8 Å². The zero-order valence-electron chi connectivity index (χ0n) is 20.8. The molecular formula is C29H33N3O3S. The van der Waals surface area contributed by atoms with Gasteiger partial charge in [-0.25, -0.2) is 0 Å². The number of amides is 2. The number of thiocarbonyl (C=S) groups is 1. The summed E-state index contributed by atoms with van der Waals surface area (Å²) in [5.41, 5.74) is 2.88. The molecular weight excluding hydrogens is 470 g/mol. The van der Waals surface area contributed by atoms with E-state index in [4.69, 9.17) is 17.0 Å². The van der Waals surface area contributed by atoms with Crippen molar-refractivity contribution in [3.63, 3.8) is 0 Å². The molecule has 7 heteroatoms. The smallest absolute Gasteiger partial charge is 0.261 e. The van der Waals surface area contributed by atoms with Crippen molar-refractivity contribution in [2.75, 3.05) is 25.0 Å². The predicted octanol–water partition coefficient (Wildman–Crippen LogP) is 5.70. The highest BCUT2D eigenvalue weighted by Crippen LogP contribution is 2.19. The SMILES string of the molecule is CCCN(CCC)C(=O)c1ccc(NC(=S)NC(=O)c2ccccc2OCCc2ccccc2)cc1. The van der Waals surface area contributed by atoms with E-state index in [1.807, 2.05) is 41.3 Å². The number of nitrogens with one attached hydrogen (secondary N) is 2. The van der Waals surface area contributed by atoms with Gasteiger partial charge < -0.3 is 15.0 Å². The third kappa shape index (κ3) is 7.92. The lowest BCUT2D eigenvalue weighted by atomic mass is 10.1. The van der Waals surface area contributed by atoms with Gasteiger partial charge in [0.1, 0.15) is 5.75 Å². The summed E-state index contributed by atoms with van der Waals surface area (Å²) in [5, 5.41) is 5.88. The quantitative estimate of drug-likeness (QED) is 0.329. The van der Waals surface area contributed by atoms with Crippen LogP contribution in [-0.2, 0) is 6.42 Å². The molecule has 0 atom stereocenters. The zero-order valence-corrected chi connectivity index (χ0v) is 21.6. The Bertz CT molecular complexity index is 1140. The van der Waals surface area contributed by atoms with Crippen molar-refractivity contribution in [2.45, 2.75) is 33.1 Å². The Morgan fingerprint density at radius 1 is 0.861 bits per heavy atom. The molecule has 6 nitrogen and oxygen atoms in total. The van der Waals surface area contributed by atoms with E-state index in [0.717, 1.165) is 32.4 Å². The highest BCUT2D eigenvalue weighted by atomic mass is 32.1. The van der Waals surface area contributed by atoms with Crippen molar-refractivity contribution < 1.29 is 14.3 Å². The lowest BCUT2D eigenvalue weighted by molar-refractivity contribution is 0.0755. The fraction of sp³-hybridized carbons (Fsp3) is 0.276. The van der Waals surface area contributed by atoms with E-state index in [-0.39, 0.29) is 16.9 Å². The fourth-order valence-corrected chi connectivity index (χ4v) is 3.98. The second-order valence-corrected chi connectivity index (χ2v) is 8.77. The van der Waals surface area contributed by atoms with E-state index >= 15 is 0 Å². The van der Waals surface area contributed by atoms with Crippen molar-refractivity contribution >= 4 is 34.8 Å². The summed E-state index contributed by atoms with van der Waals surface area (Å²) in [6, 6.07) is 24.2. The summed E-state index contributed by atoms with van der Waals surface area (Å²) in [7, 11) is 0. The van der Waals surface area contributed by atoms with Crippen molar-refractivity contribution in [3.05, 3.63) is 95.6 Å². The molecule has 0 bridgehead atoms. The molecule has 0 fully saturated rings. The maximum atomic E-state index is 12.9. The minimum Gasteiger partial charge on any atom is -0.492 e. The Labute approximate surface area is 218 Å². The average Bonchev–Trinajstić information content (AvgIpc) is 2.89. The Hall–Kier alpha value is -3.71. The molecule has 0 radical (unpaired) electrons. The summed E-state index contributed by atoms with van der Waals surface area (Å²) in [4.78, 5) is 27.5. The minimum absolute atomic E-state index is 0.0185. The second-order valence-electron chi connectivity index (χ2n) is 8.36. The van der Waals surface area contributed by atoms with E-state index in [1.54, 1.807) is 42.5 Å². The number of ether oxygens (including phenoxy) is 1. The van der Waals surface area contributed by atoms with Gasteiger partial charge >= 0.3 is 0 Å². The van der Waals surface area contributed by atoms with Crippen LogP contribution in [0.25, 0.3) is 0 Å². The Balaban J connectivity index is 1.56. The zero-order chi connectivity index (χ0) is 25.8. The summed E-state index contributed by atoms with van der Waals surface area (Å²) < 4.78 is 5.89. The topological polar surface area (TPSA) is 70.7 Å². The van der Waals surface area contributed by atoms with Gasteiger partial charge in [0.2, 0.25) is 0 Å². The average molecular weight is 504 g/mol. The molecule has 0 unspecified atom stereocenters. The molecule has 0 aliphatic heterocycles. The van der Waals surface area contributed by atoms with Gasteiger partial charge in [-0.05, 0) is 67.0 Å². The summed E-state index contributed by atoms with van der Waals surface area (Å²) in [6.07, 6.45) is 2.57. The van der Waals surface area contributed by atoms with Crippen LogP contribution < -0.4 is 15.4 Å². The number of carbonyl (C=O) groups excluding carboxylic acids is 2. The van der Waals surface area contributed by atoms with E-state index in [1.165, 1.54) is 5.56 Å². The number of anilines is 1. The number of hydrogen-bond donors (Lipinski definition) is 2. The number of benzene rings is 3. The van der Waals surface area contributed by atoms with E-state index in [0.29, 0.717) is 29.2 Å². The van der Waals surface area contributed by atoms with Crippen LogP contribution in [0.2, 0.25) is 0 Å². The largest absolute Gasteiger partial charge is 0.492 e. The molecule has 0 aliphatic rings. The summed E-state index contributed by atoms with van der Waals surface area (Å²) in [5.74, 6) is 0.162. The highest BCUT2D eigenvalue weighted by molar-refractivity contribution is 7.80. The molecule has 2 amide bonds. The second kappa shape index (κ2) is 14.0. The Morgan fingerprint density at radius 3 is 2.17 bits per heavy atom. The van der Waals surface area contributed by atoms with Gasteiger partial charge in [-0.15, -0.1) is 0 Å². The van der Waals surface area contributed by atoms with Crippen LogP contribution in [0.1, 0.15) is 53.0 Å². The van der Waals surface area contributed by atoms with Gasteiger partial charge in [-0.3, -0.25) is 14.9 Å². The molecule has 0 aliphatic carbocycles. The summed E-state index contributed by atoms with van der Waals surface area (Å²) >= 11 is 5.34. The van der Waals surface area contributed by atoms with Crippen LogP contribution >= 0.6 is 12.2 Å². The normalized spacial score (nSPS) is 10.4. The van der Waals surface area contributed by atoms with Crippen LogP contribution in [0.5, 0.6) is 5.75 Å². The van der Waals surface area contributed by atoms with Crippen molar-refractivity contribution in [2.24, 2.45) is 0 Å². The van der Waals surface area contributed by atoms with Crippen LogP contribution in [0.15, 0.2) is 78.9 Å². The van der Waals surface area contributed by atoms with E-state index in [2.05, 4.69) is 24.5 Å². The minimum atomic E-state index is -0.357. The Morgan fingerprint density at radius 2 is 1.50 bits per heavy atom. The first kappa shape index (κ1) is 26.9. The summed E-state index contributed by atoms with van der Waals surface area (Å²) in [6.45, 7) is 6.05. The molecule has 188 valence electrons. The molecule has 36 heavy (non-hydrogen) atoms. The van der Waals surface area contributed by atoms with Crippen LogP contribution in [0.4, 0.5) is 5.69 Å². The first-order chi connectivity index (χ1) is 17.5.